The predicted octanol–water partition coefficient (Wildman–Crippen LogP) is 5.48. The van der Waals surface area contributed by atoms with Crippen LogP contribution in [0.2, 0.25) is 19.6 Å². The van der Waals surface area contributed by atoms with Gasteiger partial charge >= 0.3 is 0 Å². The van der Waals surface area contributed by atoms with E-state index in [4.69, 9.17) is 9.84 Å². The molecule has 0 aromatic heterocycles. The molecule has 0 amide bonds. The summed E-state index contributed by atoms with van der Waals surface area (Å²) in [6.07, 6.45) is 3.00. The first-order chi connectivity index (χ1) is 9.35. The lowest BCUT2D eigenvalue weighted by Gasteiger charge is -2.24. The van der Waals surface area contributed by atoms with Crippen LogP contribution in [0.5, 0.6) is 0 Å². The summed E-state index contributed by atoms with van der Waals surface area (Å²) in [5.74, 6) is 0.894. The first-order valence-corrected chi connectivity index (χ1v) is 10.8. The third kappa shape index (κ3) is 5.33. The zero-order valence-corrected chi connectivity index (χ0v) is 14.4. The number of rotatable bonds is 7. The molecular formula is C17H27NOSi. The van der Waals surface area contributed by atoms with Crippen molar-refractivity contribution in [3.63, 3.8) is 0 Å². The van der Waals surface area contributed by atoms with E-state index in [1.165, 1.54) is 0 Å². The molecule has 0 atom stereocenters. The molecule has 0 radical (unpaired) electrons. The van der Waals surface area contributed by atoms with Gasteiger partial charge < -0.3 is 9.84 Å². The van der Waals surface area contributed by atoms with Crippen molar-refractivity contribution in [1.29, 1.82) is 5.41 Å². The van der Waals surface area contributed by atoms with Crippen molar-refractivity contribution in [1.82, 2.24) is 0 Å². The summed E-state index contributed by atoms with van der Waals surface area (Å²) in [7, 11) is -1.70. The number of nitrogens with one attached hydrogen (secondary N) is 1. The normalized spacial score (nSPS) is 12.8. The largest absolute Gasteiger partial charge is 0.544 e. The molecular weight excluding hydrogens is 262 g/mol. The molecule has 0 saturated carbocycles. The first kappa shape index (κ1) is 16.7. The van der Waals surface area contributed by atoms with Gasteiger partial charge in [-0.1, -0.05) is 43.7 Å². The molecule has 0 aliphatic rings. The van der Waals surface area contributed by atoms with Crippen LogP contribution in [-0.2, 0) is 4.43 Å². The standard InChI is InChI=1S/C17H27NOSi/c1-6-7-13-16(18)14(2)17(19-20(3,4)5)15-11-9-8-10-12-15/h8-12,18H,6-7,13H2,1-5H3/b17-14-,18-16?. The molecule has 1 rings (SSSR count). The fourth-order valence-electron chi connectivity index (χ4n) is 1.93. The summed E-state index contributed by atoms with van der Waals surface area (Å²) in [6, 6.07) is 10.2. The van der Waals surface area contributed by atoms with Crippen molar-refractivity contribution >= 4 is 19.8 Å². The lowest BCUT2D eigenvalue weighted by molar-refractivity contribution is 0.511. The molecule has 0 fully saturated rings. The Balaban J connectivity index is 3.12. The van der Waals surface area contributed by atoms with E-state index < -0.39 is 8.32 Å². The Morgan fingerprint density at radius 3 is 2.25 bits per heavy atom. The molecule has 0 aliphatic carbocycles. The Kier molecular flexibility index (Phi) is 6.21. The van der Waals surface area contributed by atoms with Gasteiger partial charge in [-0.05, 0) is 39.4 Å². The van der Waals surface area contributed by atoms with Crippen LogP contribution in [0.25, 0.3) is 5.76 Å². The van der Waals surface area contributed by atoms with Crippen LogP contribution in [0.3, 0.4) is 0 Å². The van der Waals surface area contributed by atoms with Crippen LogP contribution in [-0.4, -0.2) is 14.0 Å². The van der Waals surface area contributed by atoms with Gasteiger partial charge in [0, 0.05) is 16.8 Å². The number of unbranched alkanes of at least 4 members (excludes halogenated alkanes) is 1. The highest BCUT2D eigenvalue weighted by Gasteiger charge is 2.21. The van der Waals surface area contributed by atoms with Crippen molar-refractivity contribution in [2.75, 3.05) is 0 Å². The SMILES string of the molecule is CCCCC(=N)/C(C)=C(\O[Si](C)(C)C)c1ccccc1. The molecule has 0 aliphatic heterocycles. The topological polar surface area (TPSA) is 33.1 Å². The summed E-state index contributed by atoms with van der Waals surface area (Å²) in [4.78, 5) is 0. The van der Waals surface area contributed by atoms with Gasteiger partial charge in [0.2, 0.25) is 8.32 Å². The Hall–Kier alpha value is -1.35. The van der Waals surface area contributed by atoms with Crippen molar-refractivity contribution in [3.8, 4) is 0 Å². The van der Waals surface area contributed by atoms with E-state index in [1.54, 1.807) is 0 Å². The fourth-order valence-corrected chi connectivity index (χ4v) is 2.81. The minimum absolute atomic E-state index is 0.698. The Morgan fingerprint density at radius 2 is 1.75 bits per heavy atom. The monoisotopic (exact) mass is 289 g/mol. The second-order valence-electron chi connectivity index (χ2n) is 6.12. The number of hydrogen-bond acceptors (Lipinski definition) is 2. The smallest absolute Gasteiger partial charge is 0.242 e. The van der Waals surface area contributed by atoms with E-state index in [9.17, 15) is 0 Å². The zero-order valence-electron chi connectivity index (χ0n) is 13.4. The molecule has 1 aromatic rings. The zero-order chi connectivity index (χ0) is 15.2. The molecule has 0 bridgehead atoms. The summed E-state index contributed by atoms with van der Waals surface area (Å²) in [6.45, 7) is 10.7. The second-order valence-corrected chi connectivity index (χ2v) is 10.5. The van der Waals surface area contributed by atoms with Gasteiger partial charge in [-0.2, -0.15) is 0 Å². The first-order valence-electron chi connectivity index (χ1n) is 7.38. The summed E-state index contributed by atoms with van der Waals surface area (Å²) < 4.78 is 6.26. The molecule has 110 valence electrons. The van der Waals surface area contributed by atoms with Crippen molar-refractivity contribution in [3.05, 3.63) is 41.5 Å². The number of hydrogen-bond donors (Lipinski definition) is 1. The molecule has 0 spiro atoms. The quantitative estimate of drug-likeness (QED) is 0.402. The van der Waals surface area contributed by atoms with Crippen LogP contribution in [0.1, 0.15) is 38.7 Å². The van der Waals surface area contributed by atoms with Crippen LogP contribution < -0.4 is 0 Å². The fraction of sp³-hybridized carbons (Fsp3) is 0.471. The average Bonchev–Trinajstić information content (AvgIpc) is 2.41. The van der Waals surface area contributed by atoms with Gasteiger partial charge in [0.05, 0.1) is 0 Å². The third-order valence-electron chi connectivity index (χ3n) is 3.02. The van der Waals surface area contributed by atoms with Crippen molar-refractivity contribution in [2.24, 2.45) is 0 Å². The minimum Gasteiger partial charge on any atom is -0.544 e. The lowest BCUT2D eigenvalue weighted by Crippen LogP contribution is -2.25. The summed E-state index contributed by atoms with van der Waals surface area (Å²) in [5, 5.41) is 8.26. The Bertz CT molecular complexity index is 472. The maximum atomic E-state index is 8.26. The Morgan fingerprint density at radius 1 is 1.15 bits per heavy atom. The molecule has 0 saturated heterocycles. The van der Waals surface area contributed by atoms with Crippen LogP contribution >= 0.6 is 0 Å². The van der Waals surface area contributed by atoms with E-state index in [-0.39, 0.29) is 0 Å². The maximum absolute atomic E-state index is 8.26. The average molecular weight is 289 g/mol. The van der Waals surface area contributed by atoms with Gasteiger partial charge in [-0.25, -0.2) is 0 Å². The van der Waals surface area contributed by atoms with Crippen LogP contribution in [0.4, 0.5) is 0 Å². The third-order valence-corrected chi connectivity index (χ3v) is 3.83. The molecule has 0 heterocycles. The number of benzene rings is 1. The molecule has 3 heteroatoms. The van der Waals surface area contributed by atoms with Crippen LogP contribution in [0, 0.1) is 5.41 Å². The summed E-state index contributed by atoms with van der Waals surface area (Å²) >= 11 is 0. The van der Waals surface area contributed by atoms with Crippen molar-refractivity contribution < 1.29 is 4.43 Å². The van der Waals surface area contributed by atoms with E-state index in [2.05, 4.69) is 38.7 Å². The van der Waals surface area contributed by atoms with Gasteiger partial charge in [-0.3, -0.25) is 0 Å². The molecule has 20 heavy (non-hydrogen) atoms. The molecule has 1 aromatic carbocycles. The Labute approximate surface area is 124 Å². The van der Waals surface area contributed by atoms with E-state index in [0.29, 0.717) is 5.71 Å². The highest BCUT2D eigenvalue weighted by Crippen LogP contribution is 2.26. The van der Waals surface area contributed by atoms with Gasteiger partial charge in [0.15, 0.2) is 0 Å². The minimum atomic E-state index is -1.70. The van der Waals surface area contributed by atoms with Gasteiger partial charge in [0.25, 0.3) is 0 Å². The predicted molar refractivity (Wildman–Crippen MR) is 90.7 cm³/mol. The van der Waals surface area contributed by atoms with E-state index >= 15 is 0 Å². The van der Waals surface area contributed by atoms with Gasteiger partial charge in [0.1, 0.15) is 5.76 Å². The van der Waals surface area contributed by atoms with Crippen molar-refractivity contribution in [2.45, 2.75) is 52.8 Å². The molecule has 2 nitrogen and oxygen atoms in total. The molecule has 1 N–H and O–H groups in total. The van der Waals surface area contributed by atoms with Crippen LogP contribution in [0.15, 0.2) is 35.9 Å². The highest BCUT2D eigenvalue weighted by molar-refractivity contribution is 6.70. The van der Waals surface area contributed by atoms with E-state index in [0.717, 1.165) is 36.2 Å². The maximum Gasteiger partial charge on any atom is 0.242 e. The van der Waals surface area contributed by atoms with Gasteiger partial charge in [-0.15, -0.1) is 0 Å². The van der Waals surface area contributed by atoms with E-state index in [1.807, 2.05) is 25.1 Å². The second kappa shape index (κ2) is 7.43. The number of allylic oxidation sites excluding steroid dienone is 1. The summed E-state index contributed by atoms with van der Waals surface area (Å²) in [5.41, 5.74) is 2.75. The highest BCUT2D eigenvalue weighted by atomic mass is 28.4. The lowest BCUT2D eigenvalue weighted by atomic mass is 10.0. The molecule has 0 unspecified atom stereocenters.